The van der Waals surface area contributed by atoms with E-state index in [1.165, 1.54) is 11.8 Å². The average molecular weight is 218 g/mol. The molecule has 0 aromatic carbocycles. The van der Waals surface area contributed by atoms with Gasteiger partial charge in [-0.1, -0.05) is 0 Å². The quantitative estimate of drug-likeness (QED) is 0.398. The highest BCUT2D eigenvalue weighted by atomic mass is 33.1. The molecule has 0 aliphatic rings. The minimum Gasteiger partial charge on any atom is -0.217 e. The zero-order valence-corrected chi connectivity index (χ0v) is 9.13. The molecule has 0 bridgehead atoms. The van der Waals surface area contributed by atoms with Gasteiger partial charge < -0.3 is 0 Å². The second-order valence-corrected chi connectivity index (χ2v) is 8.30. The molecule has 0 radical (unpaired) electrons. The number of hydrogen-bond acceptors (Lipinski definition) is 5. The van der Waals surface area contributed by atoms with E-state index in [2.05, 4.69) is 0 Å². The Morgan fingerprint density at radius 1 is 1.30 bits per heavy atom. The van der Waals surface area contributed by atoms with Crippen molar-refractivity contribution in [2.45, 2.75) is 0 Å². The van der Waals surface area contributed by atoms with Gasteiger partial charge in [0.15, 0.2) is 0 Å². The van der Waals surface area contributed by atoms with Crippen molar-refractivity contribution in [3.8, 4) is 0 Å². The molecule has 0 aliphatic carbocycles. The maximum atomic E-state index is 10.8. The molecule has 0 aliphatic heterocycles. The first kappa shape index (κ1) is 11.0. The van der Waals surface area contributed by atoms with Gasteiger partial charge in [-0.25, -0.2) is 8.42 Å². The van der Waals surface area contributed by atoms with E-state index in [4.69, 9.17) is 0 Å². The molecule has 2 nitrogen and oxygen atoms in total. The van der Waals surface area contributed by atoms with Gasteiger partial charge in [-0.3, -0.25) is 0 Å². The highest BCUT2D eigenvalue weighted by molar-refractivity contribution is 8.73. The van der Waals surface area contributed by atoms with Crippen LogP contribution >= 0.6 is 34.3 Å². The molecular formula is C4H10O2S4. The third kappa shape index (κ3) is 5.76. The third-order valence-corrected chi connectivity index (χ3v) is 7.01. The normalized spacial score (nSPS) is 11.8. The van der Waals surface area contributed by atoms with Gasteiger partial charge in [-0.15, -0.1) is 11.8 Å². The predicted molar refractivity (Wildman–Crippen MR) is 53.3 cm³/mol. The molecule has 0 saturated carbocycles. The van der Waals surface area contributed by atoms with Crippen LogP contribution in [0.4, 0.5) is 0 Å². The van der Waals surface area contributed by atoms with Crippen molar-refractivity contribution in [1.29, 1.82) is 0 Å². The summed E-state index contributed by atoms with van der Waals surface area (Å²) in [5.74, 6) is 0. The maximum Gasteiger partial charge on any atom is 0.210 e. The van der Waals surface area contributed by atoms with Crippen molar-refractivity contribution in [2.24, 2.45) is 0 Å². The van der Waals surface area contributed by atoms with E-state index in [1.54, 1.807) is 18.0 Å². The molecule has 10 heavy (non-hydrogen) atoms. The molecule has 0 unspecified atom stereocenters. The summed E-state index contributed by atoms with van der Waals surface area (Å²) < 4.78 is 21.6. The lowest BCUT2D eigenvalue weighted by molar-refractivity contribution is 0.615. The second kappa shape index (κ2) is 5.62. The molecule has 0 saturated heterocycles. The molecule has 0 atom stereocenters. The van der Waals surface area contributed by atoms with Crippen molar-refractivity contribution >= 4 is 43.2 Å². The van der Waals surface area contributed by atoms with Gasteiger partial charge in [0.25, 0.3) is 0 Å². The van der Waals surface area contributed by atoms with Crippen LogP contribution in [0.25, 0.3) is 0 Å². The first-order chi connectivity index (χ1) is 4.62. The van der Waals surface area contributed by atoms with Crippen LogP contribution in [0.2, 0.25) is 0 Å². The average Bonchev–Trinajstić information content (AvgIpc) is 1.89. The van der Waals surface area contributed by atoms with Crippen molar-refractivity contribution in [3.05, 3.63) is 0 Å². The number of rotatable bonds is 5. The van der Waals surface area contributed by atoms with E-state index in [0.717, 1.165) is 15.9 Å². The van der Waals surface area contributed by atoms with Crippen LogP contribution in [0.3, 0.4) is 0 Å². The van der Waals surface area contributed by atoms with E-state index >= 15 is 0 Å². The standard InChI is InChI=1S/C4H10O2S4/c1-7-3-9-4-10(5,6)8-2/h3-4H2,1-2H3. The summed E-state index contributed by atoms with van der Waals surface area (Å²) in [5.41, 5.74) is 0. The van der Waals surface area contributed by atoms with Gasteiger partial charge in [-0.2, -0.15) is 11.8 Å². The van der Waals surface area contributed by atoms with Gasteiger partial charge in [0.1, 0.15) is 5.08 Å². The summed E-state index contributed by atoms with van der Waals surface area (Å²) in [4.78, 5) is 0. The second-order valence-electron chi connectivity index (χ2n) is 1.45. The molecule has 0 amide bonds. The van der Waals surface area contributed by atoms with E-state index in [1.807, 2.05) is 6.26 Å². The topological polar surface area (TPSA) is 34.1 Å². The lowest BCUT2D eigenvalue weighted by Crippen LogP contribution is -1.95. The van der Waals surface area contributed by atoms with Crippen LogP contribution < -0.4 is 0 Å². The molecule has 0 heterocycles. The van der Waals surface area contributed by atoms with E-state index < -0.39 is 8.87 Å². The lowest BCUT2D eigenvalue weighted by Gasteiger charge is -1.97. The Morgan fingerprint density at radius 3 is 2.30 bits per heavy atom. The first-order valence-electron chi connectivity index (χ1n) is 2.47. The Labute approximate surface area is 74.2 Å². The molecule has 0 N–H and O–H groups in total. The fourth-order valence-corrected chi connectivity index (χ4v) is 4.50. The SMILES string of the molecule is CSCSCS(=O)(=O)SC. The highest BCUT2D eigenvalue weighted by Crippen LogP contribution is 2.17. The summed E-state index contributed by atoms with van der Waals surface area (Å²) in [7, 11) is -1.91. The third-order valence-electron chi connectivity index (χ3n) is 0.683. The number of thioether (sulfide) groups is 2. The molecule has 0 aromatic heterocycles. The van der Waals surface area contributed by atoms with Crippen LogP contribution in [0.1, 0.15) is 0 Å². The maximum absolute atomic E-state index is 10.8. The Morgan fingerprint density at radius 2 is 1.90 bits per heavy atom. The van der Waals surface area contributed by atoms with Crippen molar-refractivity contribution in [3.63, 3.8) is 0 Å². The lowest BCUT2D eigenvalue weighted by atomic mass is 11.9. The molecule has 62 valence electrons. The molecule has 0 aromatic rings. The van der Waals surface area contributed by atoms with Crippen LogP contribution in [-0.2, 0) is 8.87 Å². The minimum absolute atomic E-state index is 0.231. The largest absolute Gasteiger partial charge is 0.217 e. The fraction of sp³-hybridized carbons (Fsp3) is 1.00. The van der Waals surface area contributed by atoms with Crippen molar-refractivity contribution in [1.82, 2.24) is 0 Å². The Bertz CT molecular complexity index is 162. The van der Waals surface area contributed by atoms with Crippen LogP contribution in [0, 0.1) is 0 Å². The fourth-order valence-electron chi connectivity index (χ4n) is 0.268. The molecule has 0 rings (SSSR count). The van der Waals surface area contributed by atoms with Crippen molar-refractivity contribution in [2.75, 3.05) is 22.7 Å². The molecular weight excluding hydrogens is 208 g/mol. The summed E-state index contributed by atoms with van der Waals surface area (Å²) in [6.45, 7) is 0. The van der Waals surface area contributed by atoms with Crippen LogP contribution in [0.15, 0.2) is 0 Å². The summed E-state index contributed by atoms with van der Waals surface area (Å²) in [5, 5.41) is 1.08. The Kier molecular flexibility index (Phi) is 6.19. The Hall–Kier alpha value is 1.000. The summed E-state index contributed by atoms with van der Waals surface area (Å²) in [6, 6.07) is 0. The molecule has 0 fully saturated rings. The summed E-state index contributed by atoms with van der Waals surface area (Å²) >= 11 is 3.08. The number of hydrogen-bond donors (Lipinski definition) is 0. The highest BCUT2D eigenvalue weighted by Gasteiger charge is 2.06. The van der Waals surface area contributed by atoms with Crippen LogP contribution in [-0.4, -0.2) is 31.1 Å². The van der Waals surface area contributed by atoms with E-state index in [9.17, 15) is 8.42 Å². The van der Waals surface area contributed by atoms with Gasteiger partial charge in [0.2, 0.25) is 8.87 Å². The van der Waals surface area contributed by atoms with Crippen LogP contribution in [0.5, 0.6) is 0 Å². The molecule has 6 heteroatoms. The van der Waals surface area contributed by atoms with Gasteiger partial charge in [0, 0.05) is 5.08 Å². The Balaban J connectivity index is 3.49. The van der Waals surface area contributed by atoms with E-state index in [-0.39, 0.29) is 5.08 Å². The van der Waals surface area contributed by atoms with E-state index in [0.29, 0.717) is 0 Å². The smallest absolute Gasteiger partial charge is 0.210 e. The van der Waals surface area contributed by atoms with Gasteiger partial charge in [-0.05, 0) is 23.3 Å². The first-order valence-corrected chi connectivity index (χ1v) is 8.41. The molecule has 0 spiro atoms. The predicted octanol–water partition coefficient (Wildman–Crippen LogP) is 1.69. The zero-order chi connectivity index (χ0) is 8.04. The minimum atomic E-state index is -2.83. The van der Waals surface area contributed by atoms with Gasteiger partial charge in [0.05, 0.1) is 0 Å². The monoisotopic (exact) mass is 218 g/mol. The van der Waals surface area contributed by atoms with Crippen molar-refractivity contribution < 1.29 is 8.42 Å². The van der Waals surface area contributed by atoms with Gasteiger partial charge >= 0.3 is 0 Å². The summed E-state index contributed by atoms with van der Waals surface area (Å²) in [6.07, 6.45) is 3.55. The zero-order valence-electron chi connectivity index (χ0n) is 5.86.